The van der Waals surface area contributed by atoms with Gasteiger partial charge < -0.3 is 19.4 Å². The first-order valence-corrected chi connectivity index (χ1v) is 8.63. The van der Waals surface area contributed by atoms with Crippen LogP contribution in [0.5, 0.6) is 0 Å². The molecule has 0 aromatic carbocycles. The average molecular weight is 335 g/mol. The Balaban J connectivity index is 1.43. The van der Waals surface area contributed by atoms with Crippen molar-refractivity contribution in [1.82, 2.24) is 15.1 Å². The van der Waals surface area contributed by atoms with Gasteiger partial charge in [0.05, 0.1) is 31.0 Å². The fourth-order valence-electron chi connectivity index (χ4n) is 3.25. The number of carbonyl (C=O) groups is 2. The van der Waals surface area contributed by atoms with E-state index in [-0.39, 0.29) is 17.7 Å². The number of morpholine rings is 1. The van der Waals surface area contributed by atoms with E-state index in [9.17, 15) is 9.59 Å². The summed E-state index contributed by atoms with van der Waals surface area (Å²) < 4.78 is 10.3. The van der Waals surface area contributed by atoms with Gasteiger partial charge in [-0.2, -0.15) is 0 Å². The van der Waals surface area contributed by atoms with Crippen LogP contribution in [-0.4, -0.2) is 74.1 Å². The number of furan rings is 1. The van der Waals surface area contributed by atoms with E-state index in [1.165, 1.54) is 12.5 Å². The number of ether oxygens (including phenoxy) is 1. The molecular weight excluding hydrogens is 310 g/mol. The molecule has 1 N–H and O–H groups in total. The van der Waals surface area contributed by atoms with Crippen LogP contribution >= 0.6 is 0 Å². The molecule has 24 heavy (non-hydrogen) atoms. The number of hydrogen-bond donors (Lipinski definition) is 1. The van der Waals surface area contributed by atoms with Crippen LogP contribution in [0, 0.1) is 5.92 Å². The van der Waals surface area contributed by atoms with Gasteiger partial charge in [0.25, 0.3) is 5.91 Å². The second kappa shape index (κ2) is 8.30. The lowest BCUT2D eigenvalue weighted by molar-refractivity contribution is -0.126. The molecule has 2 aliphatic rings. The number of amides is 2. The SMILES string of the molecule is O=C(NCCN1CCOCC1)[C@H]1CCCN(C(=O)c2ccoc2)C1. The molecule has 7 nitrogen and oxygen atoms in total. The highest BCUT2D eigenvalue weighted by molar-refractivity contribution is 5.94. The lowest BCUT2D eigenvalue weighted by atomic mass is 9.96. The summed E-state index contributed by atoms with van der Waals surface area (Å²) in [5.41, 5.74) is 0.545. The Morgan fingerprint density at radius 3 is 2.83 bits per heavy atom. The van der Waals surface area contributed by atoms with Crippen molar-refractivity contribution in [2.45, 2.75) is 12.8 Å². The van der Waals surface area contributed by atoms with E-state index >= 15 is 0 Å². The maximum Gasteiger partial charge on any atom is 0.257 e. The van der Waals surface area contributed by atoms with Crippen LogP contribution in [0.1, 0.15) is 23.2 Å². The van der Waals surface area contributed by atoms with Crippen molar-refractivity contribution in [3.63, 3.8) is 0 Å². The molecule has 0 radical (unpaired) electrons. The minimum Gasteiger partial charge on any atom is -0.472 e. The predicted octanol–water partition coefficient (Wildman–Crippen LogP) is 0.580. The molecule has 2 amide bonds. The van der Waals surface area contributed by atoms with Crippen LogP contribution in [-0.2, 0) is 9.53 Å². The Labute approximate surface area is 141 Å². The Morgan fingerprint density at radius 2 is 2.08 bits per heavy atom. The van der Waals surface area contributed by atoms with Gasteiger partial charge >= 0.3 is 0 Å². The zero-order valence-corrected chi connectivity index (χ0v) is 13.9. The van der Waals surface area contributed by atoms with Crippen molar-refractivity contribution in [3.8, 4) is 0 Å². The molecule has 2 aliphatic heterocycles. The topological polar surface area (TPSA) is 75.0 Å². The third-order valence-corrected chi connectivity index (χ3v) is 4.68. The highest BCUT2D eigenvalue weighted by Crippen LogP contribution is 2.19. The Morgan fingerprint density at radius 1 is 1.25 bits per heavy atom. The Bertz CT molecular complexity index is 540. The lowest BCUT2D eigenvalue weighted by Gasteiger charge is -2.32. The molecule has 0 aliphatic carbocycles. The van der Waals surface area contributed by atoms with Gasteiger partial charge in [-0.15, -0.1) is 0 Å². The monoisotopic (exact) mass is 335 g/mol. The van der Waals surface area contributed by atoms with Crippen molar-refractivity contribution in [2.75, 3.05) is 52.5 Å². The minimum absolute atomic E-state index is 0.0490. The summed E-state index contributed by atoms with van der Waals surface area (Å²) in [4.78, 5) is 28.8. The van der Waals surface area contributed by atoms with E-state index in [1.54, 1.807) is 11.0 Å². The van der Waals surface area contributed by atoms with Gasteiger partial charge in [-0.3, -0.25) is 14.5 Å². The third-order valence-electron chi connectivity index (χ3n) is 4.68. The van der Waals surface area contributed by atoms with Gasteiger partial charge in [0.2, 0.25) is 5.91 Å². The molecule has 2 saturated heterocycles. The summed E-state index contributed by atoms with van der Waals surface area (Å²) in [7, 11) is 0. The molecule has 2 fully saturated rings. The molecule has 0 unspecified atom stereocenters. The van der Waals surface area contributed by atoms with E-state index in [2.05, 4.69) is 10.2 Å². The number of carbonyl (C=O) groups excluding carboxylic acids is 2. The Kier molecular flexibility index (Phi) is 5.87. The first-order valence-electron chi connectivity index (χ1n) is 8.63. The number of hydrogen-bond acceptors (Lipinski definition) is 5. The predicted molar refractivity (Wildman–Crippen MR) is 87.6 cm³/mol. The molecule has 1 aromatic heterocycles. The zero-order valence-electron chi connectivity index (χ0n) is 13.9. The molecule has 0 spiro atoms. The van der Waals surface area contributed by atoms with Crippen LogP contribution < -0.4 is 5.32 Å². The van der Waals surface area contributed by atoms with Crippen molar-refractivity contribution in [1.29, 1.82) is 0 Å². The number of piperidine rings is 1. The molecular formula is C17H25N3O4. The summed E-state index contributed by atoms with van der Waals surface area (Å²) in [6.07, 6.45) is 4.63. The Hall–Kier alpha value is -1.86. The van der Waals surface area contributed by atoms with Crippen LogP contribution in [0.4, 0.5) is 0 Å². The summed E-state index contributed by atoms with van der Waals surface area (Å²) >= 11 is 0. The van der Waals surface area contributed by atoms with E-state index in [1.807, 2.05) is 0 Å². The summed E-state index contributed by atoms with van der Waals surface area (Å²) in [5.74, 6) is -0.137. The number of likely N-dealkylation sites (tertiary alicyclic amines) is 1. The van der Waals surface area contributed by atoms with Gasteiger partial charge in [0.1, 0.15) is 6.26 Å². The highest BCUT2D eigenvalue weighted by atomic mass is 16.5. The van der Waals surface area contributed by atoms with E-state index < -0.39 is 0 Å². The molecule has 1 atom stereocenters. The molecule has 3 rings (SSSR count). The maximum atomic E-state index is 12.4. The van der Waals surface area contributed by atoms with Gasteiger partial charge in [0, 0.05) is 39.3 Å². The van der Waals surface area contributed by atoms with Crippen LogP contribution in [0.25, 0.3) is 0 Å². The molecule has 0 saturated carbocycles. The first kappa shape index (κ1) is 17.0. The average Bonchev–Trinajstić information content (AvgIpc) is 3.16. The maximum absolute atomic E-state index is 12.4. The fourth-order valence-corrected chi connectivity index (χ4v) is 3.25. The van der Waals surface area contributed by atoms with E-state index in [0.29, 0.717) is 25.2 Å². The number of nitrogens with zero attached hydrogens (tertiary/aromatic N) is 2. The molecule has 132 valence electrons. The van der Waals surface area contributed by atoms with Crippen LogP contribution in [0.15, 0.2) is 23.0 Å². The summed E-state index contributed by atoms with van der Waals surface area (Å²) in [5, 5.41) is 3.02. The largest absolute Gasteiger partial charge is 0.472 e. The van der Waals surface area contributed by atoms with Crippen molar-refractivity contribution < 1.29 is 18.7 Å². The second-order valence-corrected chi connectivity index (χ2v) is 6.35. The molecule has 3 heterocycles. The quantitative estimate of drug-likeness (QED) is 0.852. The normalized spacial score (nSPS) is 22.3. The van der Waals surface area contributed by atoms with Gasteiger partial charge in [-0.25, -0.2) is 0 Å². The zero-order chi connectivity index (χ0) is 16.8. The van der Waals surface area contributed by atoms with Crippen molar-refractivity contribution in [3.05, 3.63) is 24.2 Å². The van der Waals surface area contributed by atoms with Crippen LogP contribution in [0.3, 0.4) is 0 Å². The molecule has 0 bridgehead atoms. The summed E-state index contributed by atoms with van der Waals surface area (Å²) in [6, 6.07) is 1.66. The number of rotatable bonds is 5. The van der Waals surface area contributed by atoms with Crippen molar-refractivity contribution in [2.24, 2.45) is 5.92 Å². The smallest absolute Gasteiger partial charge is 0.257 e. The van der Waals surface area contributed by atoms with Gasteiger partial charge in [-0.05, 0) is 18.9 Å². The number of nitrogens with one attached hydrogen (secondary N) is 1. The third kappa shape index (κ3) is 4.36. The summed E-state index contributed by atoms with van der Waals surface area (Å²) in [6.45, 7) is 6.04. The molecule has 1 aromatic rings. The van der Waals surface area contributed by atoms with E-state index in [0.717, 1.165) is 45.7 Å². The fraction of sp³-hybridized carbons (Fsp3) is 0.647. The van der Waals surface area contributed by atoms with Crippen molar-refractivity contribution >= 4 is 11.8 Å². The van der Waals surface area contributed by atoms with Crippen LogP contribution in [0.2, 0.25) is 0 Å². The molecule has 7 heteroatoms. The highest BCUT2D eigenvalue weighted by Gasteiger charge is 2.29. The van der Waals surface area contributed by atoms with Gasteiger partial charge in [0.15, 0.2) is 0 Å². The first-order chi connectivity index (χ1) is 11.7. The van der Waals surface area contributed by atoms with Gasteiger partial charge in [-0.1, -0.05) is 0 Å². The lowest BCUT2D eigenvalue weighted by Crippen LogP contribution is -2.47. The minimum atomic E-state index is -0.126. The standard InChI is InChI=1S/C17H25N3O4/c21-16(18-4-6-19-7-10-23-11-8-19)14-2-1-5-20(12-14)17(22)15-3-9-24-13-15/h3,9,13-14H,1-2,4-8,10-12H2,(H,18,21)/t14-/m0/s1. The second-order valence-electron chi connectivity index (χ2n) is 6.35. The van der Waals surface area contributed by atoms with E-state index in [4.69, 9.17) is 9.15 Å².